The summed E-state index contributed by atoms with van der Waals surface area (Å²) < 4.78 is 2.55. The molecule has 1 atom stereocenters. The number of carbonyl (C=O) groups excluding carboxylic acids is 1. The number of hydrogen-bond donors (Lipinski definition) is 0. The zero-order chi connectivity index (χ0) is 22.7. The highest BCUT2D eigenvalue weighted by atomic mass is 16.2. The van der Waals surface area contributed by atoms with Gasteiger partial charge >= 0.3 is 5.69 Å². The number of aromatic nitrogens is 2. The van der Waals surface area contributed by atoms with Gasteiger partial charge in [-0.3, -0.25) is 14.2 Å². The molecule has 32 heavy (non-hydrogen) atoms. The molecule has 0 aliphatic carbocycles. The Balaban J connectivity index is 1.52. The standard InChI is InChI=1S/C25H30N4O3/c1-18(23(30)27-14-11-20(12-15-27)16-19-8-4-2-5-9-19)29-24(31)21(17-26)22-10-6-3-7-13-28(22)25(29)32/h2,4-5,8-9,18,20H,3,6-7,10-16H2,1H3/t18-/m1/s1. The first-order valence-corrected chi connectivity index (χ1v) is 11.6. The Labute approximate surface area is 187 Å². The van der Waals surface area contributed by atoms with Gasteiger partial charge in [0.15, 0.2) is 0 Å². The SMILES string of the molecule is C[C@H](C(=O)N1CCC(Cc2ccccc2)CC1)n1c(=O)c(C#N)c2n(c1=O)CCCCC2. The molecule has 0 radical (unpaired) electrons. The molecule has 1 amide bonds. The van der Waals surface area contributed by atoms with E-state index < -0.39 is 17.3 Å². The van der Waals surface area contributed by atoms with E-state index in [0.717, 1.165) is 43.1 Å². The maximum absolute atomic E-state index is 13.2. The third-order valence-electron chi connectivity index (χ3n) is 6.93. The van der Waals surface area contributed by atoms with E-state index in [1.165, 1.54) is 5.56 Å². The van der Waals surface area contributed by atoms with Crippen LogP contribution in [0.2, 0.25) is 0 Å². The van der Waals surface area contributed by atoms with E-state index in [9.17, 15) is 19.6 Å². The highest BCUT2D eigenvalue weighted by Crippen LogP contribution is 2.23. The number of rotatable bonds is 4. The highest BCUT2D eigenvalue weighted by molar-refractivity contribution is 5.80. The van der Waals surface area contributed by atoms with Crippen LogP contribution in [0.5, 0.6) is 0 Å². The lowest BCUT2D eigenvalue weighted by Crippen LogP contribution is -2.50. The predicted molar refractivity (Wildman–Crippen MR) is 121 cm³/mol. The fourth-order valence-corrected chi connectivity index (χ4v) is 5.07. The second-order valence-electron chi connectivity index (χ2n) is 8.99. The van der Waals surface area contributed by atoms with Crippen LogP contribution in [0.4, 0.5) is 0 Å². The van der Waals surface area contributed by atoms with E-state index >= 15 is 0 Å². The Hall–Kier alpha value is -3.14. The lowest BCUT2D eigenvalue weighted by atomic mass is 9.90. The van der Waals surface area contributed by atoms with E-state index in [1.807, 2.05) is 24.3 Å². The van der Waals surface area contributed by atoms with Crippen LogP contribution in [0.25, 0.3) is 0 Å². The van der Waals surface area contributed by atoms with Gasteiger partial charge in [-0.1, -0.05) is 36.8 Å². The second-order valence-corrected chi connectivity index (χ2v) is 8.99. The van der Waals surface area contributed by atoms with Gasteiger partial charge in [0.1, 0.15) is 17.7 Å². The monoisotopic (exact) mass is 434 g/mol. The molecule has 1 aromatic heterocycles. The number of nitriles is 1. The average molecular weight is 435 g/mol. The Bertz CT molecular complexity index is 1130. The van der Waals surface area contributed by atoms with Crippen molar-refractivity contribution in [3.8, 4) is 6.07 Å². The smallest absolute Gasteiger partial charge is 0.331 e. The molecule has 2 aliphatic rings. The predicted octanol–water partition coefficient (Wildman–Crippen LogP) is 2.65. The third kappa shape index (κ3) is 4.27. The fourth-order valence-electron chi connectivity index (χ4n) is 5.07. The van der Waals surface area contributed by atoms with E-state index in [1.54, 1.807) is 16.4 Å². The number of carbonyl (C=O) groups is 1. The number of likely N-dealkylation sites (tertiary alicyclic amines) is 1. The fraction of sp³-hybridized carbons (Fsp3) is 0.520. The van der Waals surface area contributed by atoms with Crippen molar-refractivity contribution in [2.45, 2.75) is 64.5 Å². The van der Waals surface area contributed by atoms with E-state index in [2.05, 4.69) is 12.1 Å². The normalized spacial score (nSPS) is 17.8. The first-order valence-electron chi connectivity index (χ1n) is 11.6. The number of benzene rings is 1. The quantitative estimate of drug-likeness (QED) is 0.740. The number of amides is 1. The summed E-state index contributed by atoms with van der Waals surface area (Å²) in [5.41, 5.74) is 0.737. The van der Waals surface area contributed by atoms with Gasteiger partial charge in [0.05, 0.1) is 0 Å². The third-order valence-corrected chi connectivity index (χ3v) is 6.93. The van der Waals surface area contributed by atoms with Crippen LogP contribution < -0.4 is 11.2 Å². The molecule has 1 aromatic carbocycles. The summed E-state index contributed by atoms with van der Waals surface area (Å²) in [6.07, 6.45) is 5.97. The summed E-state index contributed by atoms with van der Waals surface area (Å²) in [7, 11) is 0. The van der Waals surface area contributed by atoms with Crippen LogP contribution >= 0.6 is 0 Å². The molecule has 0 N–H and O–H groups in total. The number of nitrogens with zero attached hydrogens (tertiary/aromatic N) is 4. The zero-order valence-electron chi connectivity index (χ0n) is 18.6. The van der Waals surface area contributed by atoms with Crippen molar-refractivity contribution >= 4 is 5.91 Å². The average Bonchev–Trinajstić information content (AvgIpc) is 3.06. The second kappa shape index (κ2) is 9.56. The van der Waals surface area contributed by atoms with Crippen LogP contribution in [0.3, 0.4) is 0 Å². The van der Waals surface area contributed by atoms with E-state index in [-0.39, 0.29) is 11.5 Å². The minimum Gasteiger partial charge on any atom is -0.341 e. The molecule has 3 heterocycles. The Morgan fingerprint density at radius 1 is 1.09 bits per heavy atom. The molecule has 4 rings (SSSR count). The molecule has 1 fully saturated rings. The summed E-state index contributed by atoms with van der Waals surface area (Å²) in [5.74, 6) is 0.295. The zero-order valence-corrected chi connectivity index (χ0v) is 18.6. The number of piperidine rings is 1. The largest absolute Gasteiger partial charge is 0.341 e. The van der Waals surface area contributed by atoms with Gasteiger partial charge in [0, 0.05) is 25.3 Å². The lowest BCUT2D eigenvalue weighted by molar-refractivity contribution is -0.135. The van der Waals surface area contributed by atoms with Gasteiger partial charge in [-0.15, -0.1) is 0 Å². The molecule has 7 heteroatoms. The molecular weight excluding hydrogens is 404 g/mol. The van der Waals surface area contributed by atoms with Gasteiger partial charge < -0.3 is 4.90 Å². The first-order chi connectivity index (χ1) is 15.5. The maximum atomic E-state index is 13.2. The molecule has 2 aromatic rings. The highest BCUT2D eigenvalue weighted by Gasteiger charge is 2.31. The summed E-state index contributed by atoms with van der Waals surface area (Å²) in [6, 6.07) is 11.4. The minimum absolute atomic E-state index is 0.00715. The van der Waals surface area contributed by atoms with Crippen LogP contribution in [0.15, 0.2) is 39.9 Å². The maximum Gasteiger partial charge on any atom is 0.331 e. The van der Waals surface area contributed by atoms with Gasteiger partial charge in [-0.2, -0.15) is 5.26 Å². The molecule has 2 aliphatic heterocycles. The summed E-state index contributed by atoms with van der Waals surface area (Å²) in [4.78, 5) is 41.2. The van der Waals surface area contributed by atoms with Crippen molar-refractivity contribution in [3.05, 3.63) is 68.0 Å². The topological polar surface area (TPSA) is 88.1 Å². The molecule has 1 saturated heterocycles. The van der Waals surface area contributed by atoms with Crippen LogP contribution in [0, 0.1) is 17.2 Å². The van der Waals surface area contributed by atoms with Gasteiger partial charge in [-0.05, 0) is 56.9 Å². The van der Waals surface area contributed by atoms with Crippen molar-refractivity contribution in [2.24, 2.45) is 5.92 Å². The molecule has 7 nitrogen and oxygen atoms in total. The summed E-state index contributed by atoms with van der Waals surface area (Å²) in [5, 5.41) is 9.63. The summed E-state index contributed by atoms with van der Waals surface area (Å²) >= 11 is 0. The molecule has 0 spiro atoms. The molecule has 0 unspecified atom stereocenters. The molecule has 168 valence electrons. The number of fused-ring (bicyclic) bond motifs is 1. The number of hydrogen-bond acceptors (Lipinski definition) is 4. The summed E-state index contributed by atoms with van der Waals surface area (Å²) in [6.45, 7) is 3.32. The van der Waals surface area contributed by atoms with Gasteiger partial charge in [0.2, 0.25) is 5.91 Å². The van der Waals surface area contributed by atoms with Crippen molar-refractivity contribution in [2.75, 3.05) is 13.1 Å². The first kappa shape index (κ1) is 22.1. The van der Waals surface area contributed by atoms with Crippen molar-refractivity contribution in [3.63, 3.8) is 0 Å². The Morgan fingerprint density at radius 3 is 2.50 bits per heavy atom. The van der Waals surface area contributed by atoms with Gasteiger partial charge in [0.25, 0.3) is 5.56 Å². The lowest BCUT2D eigenvalue weighted by Gasteiger charge is -2.34. The van der Waals surface area contributed by atoms with Crippen molar-refractivity contribution in [1.82, 2.24) is 14.0 Å². The molecule has 0 saturated carbocycles. The minimum atomic E-state index is -0.922. The molecule has 0 bridgehead atoms. The molecular formula is C25H30N4O3. The van der Waals surface area contributed by atoms with E-state index in [0.29, 0.717) is 37.7 Å². The Kier molecular flexibility index (Phi) is 6.59. The van der Waals surface area contributed by atoms with Crippen LogP contribution in [-0.4, -0.2) is 33.0 Å². The van der Waals surface area contributed by atoms with Gasteiger partial charge in [-0.25, -0.2) is 9.36 Å². The van der Waals surface area contributed by atoms with E-state index in [4.69, 9.17) is 0 Å². The Morgan fingerprint density at radius 2 is 1.81 bits per heavy atom. The van der Waals surface area contributed by atoms with Crippen molar-refractivity contribution in [1.29, 1.82) is 5.26 Å². The van der Waals surface area contributed by atoms with Crippen LogP contribution in [-0.2, 0) is 24.2 Å². The van der Waals surface area contributed by atoms with Crippen molar-refractivity contribution < 1.29 is 4.79 Å². The van der Waals surface area contributed by atoms with Crippen LogP contribution in [0.1, 0.15) is 61.9 Å².